The van der Waals surface area contributed by atoms with Crippen LogP contribution in [-0.2, 0) is 0 Å². The fourth-order valence-corrected chi connectivity index (χ4v) is 3.37. The molecule has 5 heteroatoms. The number of H-pyrrole nitrogens is 1. The van der Waals surface area contributed by atoms with E-state index in [2.05, 4.69) is 34.2 Å². The van der Waals surface area contributed by atoms with Crippen LogP contribution < -0.4 is 0 Å². The van der Waals surface area contributed by atoms with Crippen LogP contribution in [0.5, 0.6) is 0 Å². The van der Waals surface area contributed by atoms with Crippen molar-refractivity contribution in [2.24, 2.45) is 0 Å². The van der Waals surface area contributed by atoms with Gasteiger partial charge in [0.2, 0.25) is 0 Å². The molecule has 0 amide bonds. The molecule has 1 N–H and O–H groups in total. The lowest BCUT2D eigenvalue weighted by Gasteiger charge is -2.07. The lowest BCUT2D eigenvalue weighted by molar-refractivity contribution is 0.465. The molecule has 114 valence electrons. The van der Waals surface area contributed by atoms with E-state index in [4.69, 9.17) is 4.42 Å². The van der Waals surface area contributed by atoms with Crippen molar-refractivity contribution in [1.82, 2.24) is 15.2 Å². The molecule has 0 aliphatic rings. The van der Waals surface area contributed by atoms with E-state index in [1.54, 1.807) is 11.8 Å². The predicted octanol–water partition coefficient (Wildman–Crippen LogP) is 5.07. The highest BCUT2D eigenvalue weighted by molar-refractivity contribution is 7.99. The standard InChI is InChI=1S/C18H15N3OS/c1-12(13-7-3-2-4-8-13)23-18-21-20-17(22-18)15-11-19-16-10-6-5-9-14(15)16/h2-12,19H,1H3. The Kier molecular flexibility index (Phi) is 3.63. The zero-order valence-corrected chi connectivity index (χ0v) is 13.4. The van der Waals surface area contributed by atoms with E-state index in [0.29, 0.717) is 11.1 Å². The summed E-state index contributed by atoms with van der Waals surface area (Å²) in [5.74, 6) is 0.546. The van der Waals surface area contributed by atoms with Crippen LogP contribution in [0.3, 0.4) is 0 Å². The fourth-order valence-electron chi connectivity index (χ4n) is 2.56. The minimum absolute atomic E-state index is 0.257. The molecule has 0 radical (unpaired) electrons. The Morgan fingerprint density at radius 1 is 1.00 bits per heavy atom. The van der Waals surface area contributed by atoms with Crippen LogP contribution in [0, 0.1) is 0 Å². The van der Waals surface area contributed by atoms with Gasteiger partial charge in [-0.3, -0.25) is 0 Å². The molecule has 4 aromatic rings. The largest absolute Gasteiger partial charge is 0.411 e. The van der Waals surface area contributed by atoms with Crippen molar-refractivity contribution in [3.05, 3.63) is 66.4 Å². The number of hydrogen-bond acceptors (Lipinski definition) is 4. The van der Waals surface area contributed by atoms with E-state index in [-0.39, 0.29) is 5.25 Å². The zero-order valence-electron chi connectivity index (χ0n) is 12.6. The molecule has 1 unspecified atom stereocenters. The summed E-state index contributed by atoms with van der Waals surface area (Å²) < 4.78 is 5.85. The monoisotopic (exact) mass is 321 g/mol. The Bertz CT molecular complexity index is 930. The van der Waals surface area contributed by atoms with Crippen LogP contribution in [0.4, 0.5) is 0 Å². The molecule has 4 rings (SSSR count). The van der Waals surface area contributed by atoms with E-state index in [0.717, 1.165) is 16.5 Å². The molecule has 1 atom stereocenters. The van der Waals surface area contributed by atoms with Gasteiger partial charge in [0.25, 0.3) is 11.1 Å². The van der Waals surface area contributed by atoms with Crippen molar-refractivity contribution in [2.75, 3.05) is 0 Å². The van der Waals surface area contributed by atoms with E-state index in [9.17, 15) is 0 Å². The van der Waals surface area contributed by atoms with Gasteiger partial charge in [-0.05, 0) is 18.6 Å². The summed E-state index contributed by atoms with van der Waals surface area (Å²) in [5, 5.41) is 10.3. The summed E-state index contributed by atoms with van der Waals surface area (Å²) in [4.78, 5) is 3.23. The molecule has 2 aromatic heterocycles. The molecular weight excluding hydrogens is 306 g/mol. The molecular formula is C18H15N3OS. The molecule has 0 saturated heterocycles. The lowest BCUT2D eigenvalue weighted by Crippen LogP contribution is -1.87. The predicted molar refractivity (Wildman–Crippen MR) is 92.3 cm³/mol. The number of nitrogens with one attached hydrogen (secondary N) is 1. The number of aromatic amines is 1. The first kappa shape index (κ1) is 14.1. The number of thioether (sulfide) groups is 1. The van der Waals surface area contributed by atoms with Crippen LogP contribution in [0.1, 0.15) is 17.7 Å². The van der Waals surface area contributed by atoms with Crippen molar-refractivity contribution in [3.8, 4) is 11.5 Å². The van der Waals surface area contributed by atoms with Crippen molar-refractivity contribution in [3.63, 3.8) is 0 Å². The van der Waals surface area contributed by atoms with E-state index in [1.165, 1.54) is 5.56 Å². The summed E-state index contributed by atoms with van der Waals surface area (Å²) in [6.45, 7) is 2.13. The minimum Gasteiger partial charge on any atom is -0.411 e. The first-order chi connectivity index (χ1) is 11.3. The Labute approximate surface area is 137 Å². The Hall–Kier alpha value is -2.53. The van der Waals surface area contributed by atoms with Gasteiger partial charge in [0, 0.05) is 22.3 Å². The Morgan fingerprint density at radius 2 is 1.78 bits per heavy atom. The number of fused-ring (bicyclic) bond motifs is 1. The first-order valence-electron chi connectivity index (χ1n) is 7.43. The summed E-state index contributed by atoms with van der Waals surface area (Å²) in [5.41, 5.74) is 3.24. The molecule has 2 heterocycles. The second kappa shape index (κ2) is 5.93. The smallest absolute Gasteiger partial charge is 0.277 e. The van der Waals surface area contributed by atoms with Gasteiger partial charge in [0.05, 0.1) is 5.56 Å². The Balaban J connectivity index is 1.60. The third kappa shape index (κ3) is 2.75. The highest BCUT2D eigenvalue weighted by Gasteiger charge is 2.16. The van der Waals surface area contributed by atoms with Crippen molar-refractivity contribution in [1.29, 1.82) is 0 Å². The second-order valence-corrected chi connectivity index (χ2v) is 6.58. The fraction of sp³-hybridized carbons (Fsp3) is 0.111. The average molecular weight is 321 g/mol. The third-order valence-corrected chi connectivity index (χ3v) is 4.77. The molecule has 0 aliphatic carbocycles. The number of benzene rings is 2. The zero-order chi connectivity index (χ0) is 15.6. The van der Waals surface area contributed by atoms with Gasteiger partial charge in [-0.1, -0.05) is 60.3 Å². The Morgan fingerprint density at radius 3 is 2.65 bits per heavy atom. The van der Waals surface area contributed by atoms with E-state index >= 15 is 0 Å². The number of hydrogen-bond donors (Lipinski definition) is 1. The first-order valence-corrected chi connectivity index (χ1v) is 8.31. The molecule has 0 spiro atoms. The molecule has 23 heavy (non-hydrogen) atoms. The maximum Gasteiger partial charge on any atom is 0.277 e. The van der Waals surface area contributed by atoms with Gasteiger partial charge in [0.1, 0.15) is 0 Å². The van der Waals surface area contributed by atoms with Gasteiger partial charge in [-0.15, -0.1) is 10.2 Å². The molecule has 0 aliphatic heterocycles. The van der Waals surface area contributed by atoms with Crippen LogP contribution in [-0.4, -0.2) is 15.2 Å². The lowest BCUT2D eigenvalue weighted by atomic mass is 10.2. The van der Waals surface area contributed by atoms with Crippen LogP contribution in [0.15, 0.2) is 70.4 Å². The average Bonchev–Trinajstić information content (AvgIpc) is 3.22. The van der Waals surface area contributed by atoms with Crippen molar-refractivity contribution >= 4 is 22.7 Å². The number of rotatable bonds is 4. The van der Waals surface area contributed by atoms with Gasteiger partial charge >= 0.3 is 0 Å². The quantitative estimate of drug-likeness (QED) is 0.533. The highest BCUT2D eigenvalue weighted by Crippen LogP contribution is 2.36. The SMILES string of the molecule is CC(Sc1nnc(-c2c[nH]c3ccccc23)o1)c1ccccc1. The molecule has 0 bridgehead atoms. The summed E-state index contributed by atoms with van der Waals surface area (Å²) in [6.07, 6.45) is 1.91. The van der Waals surface area contributed by atoms with Gasteiger partial charge < -0.3 is 9.40 Å². The van der Waals surface area contributed by atoms with Crippen LogP contribution in [0.25, 0.3) is 22.4 Å². The van der Waals surface area contributed by atoms with Crippen molar-refractivity contribution in [2.45, 2.75) is 17.4 Å². The maximum absolute atomic E-state index is 5.85. The number of nitrogens with zero attached hydrogens (tertiary/aromatic N) is 2. The summed E-state index contributed by atoms with van der Waals surface area (Å²) in [7, 11) is 0. The minimum atomic E-state index is 0.257. The highest BCUT2D eigenvalue weighted by atomic mass is 32.2. The second-order valence-electron chi connectivity index (χ2n) is 5.29. The maximum atomic E-state index is 5.85. The normalized spacial score (nSPS) is 12.6. The number of para-hydroxylation sites is 1. The molecule has 2 aromatic carbocycles. The van der Waals surface area contributed by atoms with E-state index < -0.39 is 0 Å². The van der Waals surface area contributed by atoms with Gasteiger partial charge in [-0.2, -0.15) is 0 Å². The van der Waals surface area contributed by atoms with Crippen LogP contribution >= 0.6 is 11.8 Å². The van der Waals surface area contributed by atoms with E-state index in [1.807, 2.05) is 48.7 Å². The summed E-state index contributed by atoms with van der Waals surface area (Å²) in [6, 6.07) is 18.4. The van der Waals surface area contributed by atoms with Crippen LogP contribution in [0.2, 0.25) is 0 Å². The van der Waals surface area contributed by atoms with Gasteiger partial charge in [-0.25, -0.2) is 0 Å². The number of aromatic nitrogens is 3. The van der Waals surface area contributed by atoms with Gasteiger partial charge in [0.15, 0.2) is 0 Å². The summed E-state index contributed by atoms with van der Waals surface area (Å²) >= 11 is 1.57. The van der Waals surface area contributed by atoms with Crippen molar-refractivity contribution < 1.29 is 4.42 Å². The topological polar surface area (TPSA) is 54.7 Å². The molecule has 4 nitrogen and oxygen atoms in total. The molecule has 0 saturated carbocycles. The molecule has 0 fully saturated rings. The third-order valence-electron chi connectivity index (χ3n) is 3.77.